The molecule has 0 fully saturated rings. The number of hydrogen-bond donors (Lipinski definition) is 0. The molecule has 3 aromatic rings. The molecule has 0 unspecified atom stereocenters. The zero-order chi connectivity index (χ0) is 21.9. The Morgan fingerprint density at radius 3 is 2.17 bits per heavy atom. The van der Waals surface area contributed by atoms with Gasteiger partial charge in [-0.05, 0) is 41.3 Å². The molecule has 0 atom stereocenters. The van der Waals surface area contributed by atoms with Crippen molar-refractivity contribution in [3.63, 3.8) is 0 Å². The second-order valence-corrected chi connectivity index (χ2v) is 7.66. The first-order chi connectivity index (χ1) is 14.2. The minimum absolute atomic E-state index is 0.133. The van der Waals surface area contributed by atoms with E-state index in [2.05, 4.69) is 0 Å². The Kier molecular flexibility index (Phi) is 6.26. The van der Waals surface area contributed by atoms with Crippen molar-refractivity contribution in [2.24, 2.45) is 0 Å². The summed E-state index contributed by atoms with van der Waals surface area (Å²) in [5, 5.41) is 1.80. The van der Waals surface area contributed by atoms with E-state index >= 15 is 0 Å². The molecule has 4 nitrogen and oxygen atoms in total. The number of halogens is 3. The molecule has 0 spiro atoms. The molecule has 1 aromatic heterocycles. The van der Waals surface area contributed by atoms with Crippen LogP contribution in [0.15, 0.2) is 66.0 Å². The van der Waals surface area contributed by atoms with Crippen molar-refractivity contribution in [3.8, 4) is 0 Å². The van der Waals surface area contributed by atoms with Gasteiger partial charge in [0.2, 0.25) is 0 Å². The molecular formula is C22H19F3N2O2S. The van der Waals surface area contributed by atoms with Crippen LogP contribution in [0, 0.1) is 0 Å². The molecule has 156 valence electrons. The number of benzene rings is 2. The van der Waals surface area contributed by atoms with Crippen LogP contribution < -0.4 is 4.90 Å². The second-order valence-electron chi connectivity index (χ2n) is 6.71. The summed E-state index contributed by atoms with van der Waals surface area (Å²) >= 11 is 1.31. The monoisotopic (exact) mass is 432 g/mol. The van der Waals surface area contributed by atoms with Gasteiger partial charge in [-0.1, -0.05) is 30.3 Å². The number of carbonyl (C=O) groups is 2. The van der Waals surface area contributed by atoms with Gasteiger partial charge in [0.1, 0.15) is 0 Å². The van der Waals surface area contributed by atoms with E-state index in [1.807, 2.05) is 0 Å². The van der Waals surface area contributed by atoms with Crippen molar-refractivity contribution >= 4 is 28.8 Å². The first-order valence-corrected chi connectivity index (χ1v) is 9.88. The van der Waals surface area contributed by atoms with E-state index in [0.717, 1.165) is 12.1 Å². The number of alkyl halides is 3. The Morgan fingerprint density at radius 1 is 0.900 bits per heavy atom. The van der Waals surface area contributed by atoms with Crippen LogP contribution in [0.2, 0.25) is 0 Å². The van der Waals surface area contributed by atoms with E-state index in [0.29, 0.717) is 21.7 Å². The number of rotatable bonds is 5. The van der Waals surface area contributed by atoms with E-state index in [1.54, 1.807) is 55.9 Å². The summed E-state index contributed by atoms with van der Waals surface area (Å²) in [4.78, 5) is 29.1. The highest BCUT2D eigenvalue weighted by Crippen LogP contribution is 2.29. The fourth-order valence-electron chi connectivity index (χ4n) is 2.97. The van der Waals surface area contributed by atoms with Gasteiger partial charge >= 0.3 is 6.18 Å². The smallest absolute Gasteiger partial charge is 0.337 e. The van der Waals surface area contributed by atoms with Gasteiger partial charge in [-0.15, -0.1) is 11.3 Å². The molecule has 0 saturated heterocycles. The molecule has 8 heteroatoms. The third-order valence-electron chi connectivity index (χ3n) is 4.58. The summed E-state index contributed by atoms with van der Waals surface area (Å²) in [6, 6.07) is 14.9. The average Bonchev–Trinajstić information content (AvgIpc) is 3.26. The van der Waals surface area contributed by atoms with Crippen LogP contribution >= 0.6 is 11.3 Å². The van der Waals surface area contributed by atoms with Crippen molar-refractivity contribution in [1.82, 2.24) is 4.90 Å². The topological polar surface area (TPSA) is 40.6 Å². The van der Waals surface area contributed by atoms with E-state index < -0.39 is 11.7 Å². The molecule has 2 aromatic carbocycles. The zero-order valence-electron chi connectivity index (χ0n) is 16.3. The molecule has 0 radical (unpaired) electrons. The van der Waals surface area contributed by atoms with Crippen LogP contribution in [0.3, 0.4) is 0 Å². The maximum absolute atomic E-state index is 13.0. The van der Waals surface area contributed by atoms with Crippen LogP contribution in [0.4, 0.5) is 18.9 Å². The third kappa shape index (κ3) is 4.71. The fourth-order valence-corrected chi connectivity index (χ4v) is 3.67. The maximum Gasteiger partial charge on any atom is 0.416 e. The summed E-state index contributed by atoms with van der Waals surface area (Å²) in [5.74, 6) is -0.563. The van der Waals surface area contributed by atoms with E-state index in [4.69, 9.17) is 0 Å². The van der Waals surface area contributed by atoms with Crippen molar-refractivity contribution < 1.29 is 22.8 Å². The summed E-state index contributed by atoms with van der Waals surface area (Å²) in [6.45, 7) is 0.133. The lowest BCUT2D eigenvalue weighted by molar-refractivity contribution is -0.137. The minimum Gasteiger partial charge on any atom is -0.337 e. The van der Waals surface area contributed by atoms with Crippen LogP contribution in [0.25, 0.3) is 0 Å². The predicted molar refractivity (Wildman–Crippen MR) is 111 cm³/mol. The number of carbonyl (C=O) groups excluding carboxylic acids is 2. The molecule has 0 N–H and O–H groups in total. The summed E-state index contributed by atoms with van der Waals surface area (Å²) < 4.78 is 38.2. The average molecular weight is 432 g/mol. The molecule has 0 aliphatic carbocycles. The third-order valence-corrected chi connectivity index (χ3v) is 5.44. The van der Waals surface area contributed by atoms with Crippen LogP contribution in [-0.4, -0.2) is 30.8 Å². The number of amides is 2. The van der Waals surface area contributed by atoms with Gasteiger partial charge in [-0.3, -0.25) is 9.59 Å². The molecule has 30 heavy (non-hydrogen) atoms. The predicted octanol–water partition coefficient (Wildman–Crippen LogP) is 5.32. The van der Waals surface area contributed by atoms with Gasteiger partial charge in [0.05, 0.1) is 21.7 Å². The van der Waals surface area contributed by atoms with Gasteiger partial charge < -0.3 is 9.80 Å². The normalized spacial score (nSPS) is 11.2. The lowest BCUT2D eigenvalue weighted by Gasteiger charge is -2.23. The Labute approximate surface area is 176 Å². The Morgan fingerprint density at radius 2 is 1.57 bits per heavy atom. The van der Waals surface area contributed by atoms with E-state index in [1.165, 1.54) is 33.3 Å². The SMILES string of the molecule is CN(Cc1ccc(C(F)(F)F)cc1)C(=O)c1ccccc1N(C)C(=O)c1cccs1. The largest absolute Gasteiger partial charge is 0.416 e. The highest BCUT2D eigenvalue weighted by Gasteiger charge is 2.30. The molecule has 0 aliphatic rings. The molecular weight excluding hydrogens is 413 g/mol. The Hall–Kier alpha value is -3.13. The zero-order valence-corrected chi connectivity index (χ0v) is 17.1. The van der Waals surface area contributed by atoms with Gasteiger partial charge in [-0.2, -0.15) is 13.2 Å². The number of hydrogen-bond acceptors (Lipinski definition) is 3. The molecule has 0 saturated carbocycles. The second kappa shape index (κ2) is 8.71. The van der Waals surface area contributed by atoms with Crippen molar-refractivity contribution in [2.75, 3.05) is 19.0 Å². The van der Waals surface area contributed by atoms with Gasteiger partial charge in [0.15, 0.2) is 0 Å². The number of anilines is 1. The lowest BCUT2D eigenvalue weighted by Crippen LogP contribution is -2.31. The highest BCUT2D eigenvalue weighted by molar-refractivity contribution is 7.12. The first-order valence-electron chi connectivity index (χ1n) is 9.00. The maximum atomic E-state index is 13.0. The molecule has 3 rings (SSSR count). The van der Waals surface area contributed by atoms with E-state index in [-0.39, 0.29) is 18.4 Å². The first kappa shape index (κ1) is 21.6. The fraction of sp³-hybridized carbons (Fsp3) is 0.182. The van der Waals surface area contributed by atoms with Crippen molar-refractivity contribution in [3.05, 3.63) is 87.6 Å². The summed E-state index contributed by atoms with van der Waals surface area (Å²) in [5.41, 5.74) is 0.623. The van der Waals surface area contributed by atoms with Gasteiger partial charge in [-0.25, -0.2) is 0 Å². The Bertz CT molecular complexity index is 1030. The van der Waals surface area contributed by atoms with Crippen LogP contribution in [0.5, 0.6) is 0 Å². The van der Waals surface area contributed by atoms with Crippen LogP contribution in [0.1, 0.15) is 31.2 Å². The molecule has 1 heterocycles. The molecule has 0 bridgehead atoms. The minimum atomic E-state index is -4.40. The number of nitrogens with zero attached hydrogens (tertiary/aromatic N) is 2. The Balaban J connectivity index is 1.79. The summed E-state index contributed by atoms with van der Waals surface area (Å²) in [7, 11) is 3.17. The van der Waals surface area contributed by atoms with Crippen LogP contribution in [-0.2, 0) is 12.7 Å². The quantitative estimate of drug-likeness (QED) is 0.548. The highest BCUT2D eigenvalue weighted by atomic mass is 32.1. The molecule has 0 aliphatic heterocycles. The number of thiophene rings is 1. The standard InChI is InChI=1S/C22H19F3N2O2S/c1-26(14-15-9-11-16(12-10-15)22(23,24)25)20(28)17-6-3-4-7-18(17)27(2)21(29)19-8-5-13-30-19/h3-13H,14H2,1-2H3. The van der Waals surface area contributed by atoms with Gasteiger partial charge in [0.25, 0.3) is 11.8 Å². The summed E-state index contributed by atoms with van der Waals surface area (Å²) in [6.07, 6.45) is -4.40. The van der Waals surface area contributed by atoms with Crippen molar-refractivity contribution in [1.29, 1.82) is 0 Å². The lowest BCUT2D eigenvalue weighted by atomic mass is 10.1. The molecule has 2 amide bonds. The van der Waals surface area contributed by atoms with Gasteiger partial charge in [0, 0.05) is 20.6 Å². The van der Waals surface area contributed by atoms with E-state index in [9.17, 15) is 22.8 Å². The van der Waals surface area contributed by atoms with Crippen molar-refractivity contribution in [2.45, 2.75) is 12.7 Å². The number of para-hydroxylation sites is 1.